The SMILES string of the molecule is Fc1ccc2nccc(-c3cc(Cl)cc4c3O[C@@H](c3onc5c3CNCC5)C4)c2c1. The zero-order valence-corrected chi connectivity index (χ0v) is 16.7. The second-order valence-electron chi connectivity index (χ2n) is 7.67. The van der Waals surface area contributed by atoms with Crippen molar-refractivity contribution in [2.24, 2.45) is 0 Å². The van der Waals surface area contributed by atoms with Crippen molar-refractivity contribution in [2.75, 3.05) is 6.54 Å². The molecule has 6 rings (SSSR count). The first-order chi connectivity index (χ1) is 14.7. The minimum atomic E-state index is -0.310. The molecule has 0 radical (unpaired) electrons. The predicted molar refractivity (Wildman–Crippen MR) is 111 cm³/mol. The molecule has 0 saturated heterocycles. The molecule has 0 bridgehead atoms. The second kappa shape index (κ2) is 6.79. The number of fused-ring (bicyclic) bond motifs is 3. The summed E-state index contributed by atoms with van der Waals surface area (Å²) in [6.07, 6.45) is 2.94. The van der Waals surface area contributed by atoms with E-state index >= 15 is 0 Å². The molecule has 2 aromatic heterocycles. The molecule has 1 atom stereocenters. The quantitative estimate of drug-likeness (QED) is 0.493. The Morgan fingerprint density at radius 2 is 2.07 bits per heavy atom. The fraction of sp³-hybridized carbons (Fsp3) is 0.217. The molecule has 0 aliphatic carbocycles. The highest BCUT2D eigenvalue weighted by Crippen LogP contribution is 2.47. The van der Waals surface area contributed by atoms with Crippen LogP contribution < -0.4 is 10.1 Å². The summed E-state index contributed by atoms with van der Waals surface area (Å²) in [4.78, 5) is 4.36. The molecule has 5 nitrogen and oxygen atoms in total. The Balaban J connectivity index is 1.47. The number of pyridine rings is 1. The molecular weight excluding hydrogens is 405 g/mol. The third kappa shape index (κ3) is 2.79. The van der Waals surface area contributed by atoms with Gasteiger partial charge in [-0.2, -0.15) is 0 Å². The van der Waals surface area contributed by atoms with Crippen molar-refractivity contribution in [3.63, 3.8) is 0 Å². The smallest absolute Gasteiger partial charge is 0.182 e. The molecule has 2 aliphatic rings. The van der Waals surface area contributed by atoms with Gasteiger partial charge in [0.2, 0.25) is 0 Å². The minimum Gasteiger partial charge on any atom is -0.481 e. The van der Waals surface area contributed by atoms with Gasteiger partial charge in [0.15, 0.2) is 11.9 Å². The van der Waals surface area contributed by atoms with E-state index < -0.39 is 0 Å². The van der Waals surface area contributed by atoms with Crippen molar-refractivity contribution in [2.45, 2.75) is 25.5 Å². The van der Waals surface area contributed by atoms with Gasteiger partial charge in [-0.15, -0.1) is 0 Å². The normalized spacial score (nSPS) is 17.6. The summed E-state index contributed by atoms with van der Waals surface area (Å²) in [6, 6.07) is 10.2. The maximum Gasteiger partial charge on any atom is 0.182 e. The van der Waals surface area contributed by atoms with Crippen LogP contribution in [-0.4, -0.2) is 16.7 Å². The molecule has 0 saturated carbocycles. The Hall–Kier alpha value is -2.96. The molecule has 4 heterocycles. The van der Waals surface area contributed by atoms with Crippen molar-refractivity contribution in [3.05, 3.63) is 76.0 Å². The van der Waals surface area contributed by atoms with Gasteiger partial charge in [0.05, 0.1) is 11.2 Å². The first-order valence-corrected chi connectivity index (χ1v) is 10.3. The van der Waals surface area contributed by atoms with Crippen molar-refractivity contribution >= 4 is 22.5 Å². The molecule has 2 aliphatic heterocycles. The summed E-state index contributed by atoms with van der Waals surface area (Å²) in [7, 11) is 0. The highest BCUT2D eigenvalue weighted by molar-refractivity contribution is 6.31. The topological polar surface area (TPSA) is 60.2 Å². The number of hydrogen-bond acceptors (Lipinski definition) is 5. The van der Waals surface area contributed by atoms with Crippen LogP contribution in [0.15, 0.2) is 47.1 Å². The summed E-state index contributed by atoms with van der Waals surface area (Å²) >= 11 is 6.46. The monoisotopic (exact) mass is 421 g/mol. The van der Waals surface area contributed by atoms with E-state index in [4.69, 9.17) is 20.9 Å². The maximum absolute atomic E-state index is 14.0. The third-order valence-electron chi connectivity index (χ3n) is 5.82. The molecule has 0 amide bonds. The van der Waals surface area contributed by atoms with E-state index in [-0.39, 0.29) is 11.9 Å². The Bertz CT molecular complexity index is 1300. The number of rotatable bonds is 2. The summed E-state index contributed by atoms with van der Waals surface area (Å²) in [6.45, 7) is 1.63. The van der Waals surface area contributed by atoms with Crippen LogP contribution in [0.1, 0.15) is 28.7 Å². The molecule has 0 fully saturated rings. The number of hydrogen-bond donors (Lipinski definition) is 1. The number of halogens is 2. The van der Waals surface area contributed by atoms with Crippen molar-refractivity contribution in [3.8, 4) is 16.9 Å². The molecule has 2 aromatic carbocycles. The summed E-state index contributed by atoms with van der Waals surface area (Å²) in [5, 5.41) is 8.93. The molecule has 0 spiro atoms. The fourth-order valence-electron chi connectivity index (χ4n) is 4.44. The Morgan fingerprint density at radius 3 is 3.00 bits per heavy atom. The molecular formula is C23H17ClFN3O2. The van der Waals surface area contributed by atoms with Crippen molar-refractivity contribution in [1.29, 1.82) is 0 Å². The molecule has 30 heavy (non-hydrogen) atoms. The lowest BCUT2D eigenvalue weighted by Gasteiger charge is -2.15. The van der Waals surface area contributed by atoms with Crippen LogP contribution in [0.25, 0.3) is 22.0 Å². The number of aromatic nitrogens is 2. The first kappa shape index (κ1) is 17.9. The Kier molecular flexibility index (Phi) is 4.04. The molecule has 150 valence electrons. The number of nitrogens with one attached hydrogen (secondary N) is 1. The summed E-state index contributed by atoms with van der Waals surface area (Å²) in [5.74, 6) is 1.20. The van der Waals surface area contributed by atoms with Crippen LogP contribution in [0.4, 0.5) is 4.39 Å². The van der Waals surface area contributed by atoms with E-state index in [1.165, 1.54) is 12.1 Å². The summed E-state index contributed by atoms with van der Waals surface area (Å²) < 4.78 is 26.1. The number of ether oxygens (including phenoxy) is 1. The van der Waals surface area contributed by atoms with Crippen LogP contribution in [-0.2, 0) is 19.4 Å². The molecule has 1 N–H and O–H groups in total. The van der Waals surface area contributed by atoms with Gasteiger partial charge in [0, 0.05) is 59.2 Å². The van der Waals surface area contributed by atoms with Crippen molar-refractivity contribution in [1.82, 2.24) is 15.5 Å². The average Bonchev–Trinajstić information content (AvgIpc) is 3.36. The number of nitrogens with zero attached hydrogens (tertiary/aromatic N) is 2. The maximum atomic E-state index is 14.0. The molecule has 0 unspecified atom stereocenters. The molecule has 7 heteroatoms. The lowest BCUT2D eigenvalue weighted by Crippen LogP contribution is -2.24. The van der Waals surface area contributed by atoms with Gasteiger partial charge < -0.3 is 14.6 Å². The Labute approximate surface area is 176 Å². The van der Waals surface area contributed by atoms with Gasteiger partial charge >= 0.3 is 0 Å². The highest BCUT2D eigenvalue weighted by atomic mass is 35.5. The van der Waals surface area contributed by atoms with Crippen molar-refractivity contribution < 1.29 is 13.7 Å². The van der Waals surface area contributed by atoms with E-state index in [9.17, 15) is 4.39 Å². The Morgan fingerprint density at radius 1 is 1.13 bits per heavy atom. The third-order valence-corrected chi connectivity index (χ3v) is 6.04. The minimum absolute atomic E-state index is 0.266. The second-order valence-corrected chi connectivity index (χ2v) is 8.11. The van der Waals surface area contributed by atoms with Crippen LogP contribution in [0.5, 0.6) is 5.75 Å². The lowest BCUT2D eigenvalue weighted by atomic mass is 9.97. The van der Waals surface area contributed by atoms with Gasteiger partial charge in [-0.05, 0) is 42.0 Å². The standard InChI is InChI=1S/C23H17ClFN3O2/c24-13-7-12-8-21(23-18-11-26-5-4-20(18)28-30-23)29-22(12)17(9-13)15-3-6-27-19-2-1-14(25)10-16(15)19/h1-3,6-7,9-10,21,26H,4-5,8,11H2/t21-/m1/s1. The fourth-order valence-corrected chi connectivity index (χ4v) is 4.68. The van der Waals surface area contributed by atoms with Crippen LogP contribution in [0.3, 0.4) is 0 Å². The van der Waals surface area contributed by atoms with E-state index in [2.05, 4.69) is 15.5 Å². The predicted octanol–water partition coefficient (Wildman–Crippen LogP) is 5.00. The average molecular weight is 422 g/mol. The van der Waals surface area contributed by atoms with Crippen LogP contribution in [0.2, 0.25) is 5.02 Å². The van der Waals surface area contributed by atoms with E-state index in [0.29, 0.717) is 17.0 Å². The highest BCUT2D eigenvalue weighted by Gasteiger charge is 2.34. The van der Waals surface area contributed by atoms with Gasteiger partial charge in [0.25, 0.3) is 0 Å². The van der Waals surface area contributed by atoms with E-state index in [1.54, 1.807) is 12.3 Å². The molecule has 4 aromatic rings. The van der Waals surface area contributed by atoms with Crippen LogP contribution in [0, 0.1) is 5.82 Å². The van der Waals surface area contributed by atoms with Gasteiger partial charge in [-0.25, -0.2) is 4.39 Å². The van der Waals surface area contributed by atoms with Gasteiger partial charge in [0.1, 0.15) is 11.6 Å². The first-order valence-electron chi connectivity index (χ1n) is 9.89. The summed E-state index contributed by atoms with van der Waals surface area (Å²) in [5.41, 5.74) is 5.45. The zero-order valence-electron chi connectivity index (χ0n) is 15.9. The number of benzene rings is 2. The van der Waals surface area contributed by atoms with E-state index in [0.717, 1.165) is 64.4 Å². The largest absolute Gasteiger partial charge is 0.481 e. The van der Waals surface area contributed by atoms with Gasteiger partial charge in [-0.3, -0.25) is 4.98 Å². The van der Waals surface area contributed by atoms with Crippen LogP contribution >= 0.6 is 11.6 Å². The van der Waals surface area contributed by atoms with E-state index in [1.807, 2.05) is 18.2 Å². The van der Waals surface area contributed by atoms with Gasteiger partial charge in [-0.1, -0.05) is 16.8 Å². The lowest BCUT2D eigenvalue weighted by molar-refractivity contribution is 0.189. The zero-order chi connectivity index (χ0) is 20.2.